The number of benzene rings is 1. The second-order valence-corrected chi connectivity index (χ2v) is 6.44. The van der Waals surface area contributed by atoms with Gasteiger partial charge in [-0.25, -0.2) is 0 Å². The lowest BCUT2D eigenvalue weighted by Gasteiger charge is -2.24. The van der Waals surface area contributed by atoms with Crippen molar-refractivity contribution in [2.45, 2.75) is 6.04 Å². The first kappa shape index (κ1) is 19.1. The number of methoxy groups -OCH3 is 3. The van der Waals surface area contributed by atoms with Gasteiger partial charge >= 0.3 is 0 Å². The Morgan fingerprint density at radius 3 is 2.24 bits per heavy atom. The fourth-order valence-corrected chi connectivity index (χ4v) is 3.27. The topological polar surface area (TPSA) is 60.0 Å². The second kappa shape index (κ2) is 8.73. The van der Waals surface area contributed by atoms with Gasteiger partial charge in [0.1, 0.15) is 0 Å². The van der Waals surface area contributed by atoms with E-state index in [1.165, 1.54) is 26.9 Å². The number of ether oxygens (including phenoxy) is 3. The molecule has 0 bridgehead atoms. The molecule has 0 unspecified atom stereocenters. The predicted molar refractivity (Wildman–Crippen MR) is 99.2 cm³/mol. The molecule has 0 aliphatic carbocycles. The van der Waals surface area contributed by atoms with Gasteiger partial charge in [0.25, 0.3) is 5.91 Å². The van der Waals surface area contributed by atoms with Gasteiger partial charge in [-0.3, -0.25) is 4.79 Å². The van der Waals surface area contributed by atoms with Crippen LogP contribution in [0.1, 0.15) is 22.0 Å². The van der Waals surface area contributed by atoms with E-state index in [2.05, 4.69) is 21.7 Å². The van der Waals surface area contributed by atoms with Crippen molar-refractivity contribution in [1.82, 2.24) is 10.2 Å². The standard InChI is InChI=1S/C18H24N2O4S/c1-20(2)14(12-6-7-25-11-12)10-19-18(21)13-8-15(22-3)17(24-5)16(9-13)23-4/h6-9,11,14H,10H2,1-5H3,(H,19,21)/t14-/m0/s1. The Morgan fingerprint density at radius 2 is 1.80 bits per heavy atom. The van der Waals surface area contributed by atoms with Crippen molar-refractivity contribution < 1.29 is 19.0 Å². The first-order chi connectivity index (χ1) is 12.0. The van der Waals surface area contributed by atoms with Gasteiger partial charge in [-0.05, 0) is 48.6 Å². The van der Waals surface area contributed by atoms with Gasteiger partial charge in [0.05, 0.1) is 27.4 Å². The van der Waals surface area contributed by atoms with Gasteiger partial charge in [0.2, 0.25) is 5.75 Å². The van der Waals surface area contributed by atoms with Gasteiger partial charge in [-0.15, -0.1) is 0 Å². The Morgan fingerprint density at radius 1 is 1.16 bits per heavy atom. The molecular formula is C18H24N2O4S. The molecule has 1 aromatic carbocycles. The lowest BCUT2D eigenvalue weighted by molar-refractivity contribution is 0.0941. The molecule has 0 aliphatic rings. The summed E-state index contributed by atoms with van der Waals surface area (Å²) < 4.78 is 15.9. The van der Waals surface area contributed by atoms with E-state index >= 15 is 0 Å². The normalized spacial score (nSPS) is 11.9. The Balaban J connectivity index is 2.17. The molecule has 2 rings (SSSR count). The maximum absolute atomic E-state index is 12.6. The molecule has 7 heteroatoms. The number of thiophene rings is 1. The van der Waals surface area contributed by atoms with Crippen molar-refractivity contribution in [2.24, 2.45) is 0 Å². The minimum atomic E-state index is -0.193. The van der Waals surface area contributed by atoms with E-state index in [9.17, 15) is 4.79 Å². The number of amides is 1. The molecule has 1 atom stereocenters. The summed E-state index contributed by atoms with van der Waals surface area (Å²) in [6.45, 7) is 0.499. The average Bonchev–Trinajstić information content (AvgIpc) is 3.14. The maximum Gasteiger partial charge on any atom is 0.251 e. The SMILES string of the molecule is COc1cc(C(=O)NC[C@@H](c2ccsc2)N(C)C)cc(OC)c1OC. The van der Waals surface area contributed by atoms with Crippen LogP contribution in [0.25, 0.3) is 0 Å². The highest BCUT2D eigenvalue weighted by Crippen LogP contribution is 2.38. The largest absolute Gasteiger partial charge is 0.493 e. The van der Waals surface area contributed by atoms with Crippen molar-refractivity contribution in [3.63, 3.8) is 0 Å². The number of carbonyl (C=O) groups excluding carboxylic acids is 1. The monoisotopic (exact) mass is 364 g/mol. The van der Waals surface area contributed by atoms with E-state index < -0.39 is 0 Å². The zero-order chi connectivity index (χ0) is 18.4. The quantitative estimate of drug-likeness (QED) is 0.780. The van der Waals surface area contributed by atoms with E-state index in [4.69, 9.17) is 14.2 Å². The van der Waals surface area contributed by atoms with Gasteiger partial charge in [-0.2, -0.15) is 11.3 Å². The molecule has 1 N–H and O–H groups in total. The first-order valence-electron chi connectivity index (χ1n) is 7.78. The van der Waals surface area contributed by atoms with E-state index in [0.717, 1.165) is 0 Å². The summed E-state index contributed by atoms with van der Waals surface area (Å²) >= 11 is 1.64. The minimum absolute atomic E-state index is 0.109. The van der Waals surface area contributed by atoms with Gasteiger partial charge in [0.15, 0.2) is 11.5 Å². The summed E-state index contributed by atoms with van der Waals surface area (Å²) in [5, 5.41) is 7.11. The fraction of sp³-hybridized carbons (Fsp3) is 0.389. The highest BCUT2D eigenvalue weighted by atomic mass is 32.1. The number of nitrogens with zero attached hydrogens (tertiary/aromatic N) is 1. The number of rotatable bonds is 8. The van der Waals surface area contributed by atoms with Crippen molar-refractivity contribution in [1.29, 1.82) is 0 Å². The minimum Gasteiger partial charge on any atom is -0.493 e. The van der Waals surface area contributed by atoms with Crippen LogP contribution in [0, 0.1) is 0 Å². The molecule has 1 aromatic heterocycles. The lowest BCUT2D eigenvalue weighted by Crippen LogP contribution is -2.34. The summed E-state index contributed by atoms with van der Waals surface area (Å²) in [5.41, 5.74) is 1.64. The number of hydrogen-bond donors (Lipinski definition) is 1. The van der Waals surface area contributed by atoms with Crippen LogP contribution in [-0.2, 0) is 0 Å². The van der Waals surface area contributed by atoms with Crippen molar-refractivity contribution in [2.75, 3.05) is 42.0 Å². The summed E-state index contributed by atoms with van der Waals surface area (Å²) in [6, 6.07) is 5.47. The lowest BCUT2D eigenvalue weighted by atomic mass is 10.1. The Labute approximate surface area is 152 Å². The molecule has 6 nitrogen and oxygen atoms in total. The summed E-state index contributed by atoms with van der Waals surface area (Å²) in [7, 11) is 8.57. The van der Waals surface area contributed by atoms with Crippen LogP contribution in [-0.4, -0.2) is 52.8 Å². The molecule has 1 amide bonds. The van der Waals surface area contributed by atoms with E-state index in [-0.39, 0.29) is 11.9 Å². The third-order valence-electron chi connectivity index (χ3n) is 3.93. The van der Waals surface area contributed by atoms with Crippen LogP contribution in [0.15, 0.2) is 29.0 Å². The van der Waals surface area contributed by atoms with Gasteiger partial charge < -0.3 is 24.4 Å². The maximum atomic E-state index is 12.6. The number of hydrogen-bond acceptors (Lipinski definition) is 6. The molecule has 0 fully saturated rings. The smallest absolute Gasteiger partial charge is 0.251 e. The molecule has 2 aromatic rings. The zero-order valence-corrected chi connectivity index (χ0v) is 16.0. The first-order valence-corrected chi connectivity index (χ1v) is 8.72. The average molecular weight is 364 g/mol. The predicted octanol–water partition coefficient (Wildman–Crippen LogP) is 2.81. The van der Waals surface area contributed by atoms with E-state index in [1.54, 1.807) is 23.5 Å². The number of likely N-dealkylation sites (N-methyl/N-ethyl adjacent to an activating group) is 1. The molecular weight excluding hydrogens is 340 g/mol. The number of carbonyl (C=O) groups is 1. The molecule has 136 valence electrons. The third-order valence-corrected chi connectivity index (χ3v) is 4.64. The fourth-order valence-electron chi connectivity index (χ4n) is 2.57. The Hall–Kier alpha value is -2.25. The third kappa shape index (κ3) is 4.43. The van der Waals surface area contributed by atoms with E-state index in [1.807, 2.05) is 19.5 Å². The molecule has 0 saturated carbocycles. The van der Waals surface area contributed by atoms with Gasteiger partial charge in [-0.1, -0.05) is 0 Å². The van der Waals surface area contributed by atoms with Crippen LogP contribution in [0.3, 0.4) is 0 Å². The van der Waals surface area contributed by atoms with Crippen LogP contribution < -0.4 is 19.5 Å². The van der Waals surface area contributed by atoms with E-state index in [0.29, 0.717) is 29.4 Å². The molecule has 0 saturated heterocycles. The molecule has 0 spiro atoms. The molecule has 0 aliphatic heterocycles. The molecule has 1 heterocycles. The highest BCUT2D eigenvalue weighted by Gasteiger charge is 2.19. The second-order valence-electron chi connectivity index (χ2n) is 5.66. The summed E-state index contributed by atoms with van der Waals surface area (Å²) in [5.74, 6) is 1.18. The van der Waals surface area contributed by atoms with Crippen LogP contribution in [0.5, 0.6) is 17.2 Å². The zero-order valence-electron chi connectivity index (χ0n) is 15.2. The van der Waals surface area contributed by atoms with Crippen LogP contribution >= 0.6 is 11.3 Å². The highest BCUT2D eigenvalue weighted by molar-refractivity contribution is 7.07. The van der Waals surface area contributed by atoms with Gasteiger partial charge in [0, 0.05) is 12.1 Å². The molecule has 25 heavy (non-hydrogen) atoms. The molecule has 0 radical (unpaired) electrons. The van der Waals surface area contributed by atoms with Crippen LogP contribution in [0.4, 0.5) is 0 Å². The Kier molecular flexibility index (Phi) is 6.66. The van der Waals surface area contributed by atoms with Crippen molar-refractivity contribution >= 4 is 17.2 Å². The summed E-state index contributed by atoms with van der Waals surface area (Å²) in [6.07, 6.45) is 0. The van der Waals surface area contributed by atoms with Crippen molar-refractivity contribution in [3.8, 4) is 17.2 Å². The number of nitrogens with one attached hydrogen (secondary N) is 1. The van der Waals surface area contributed by atoms with Crippen LogP contribution in [0.2, 0.25) is 0 Å². The van der Waals surface area contributed by atoms with Crippen molar-refractivity contribution in [3.05, 3.63) is 40.1 Å². The Bertz CT molecular complexity index is 676. The summed E-state index contributed by atoms with van der Waals surface area (Å²) in [4.78, 5) is 14.7.